The SMILES string of the molecule is CN(C)C(CNC1CCS(=O)(=O)CC1)c1ccccc1. The van der Waals surface area contributed by atoms with E-state index in [1.165, 1.54) is 5.56 Å². The molecule has 0 saturated carbocycles. The molecule has 1 aliphatic rings. The molecule has 1 N–H and O–H groups in total. The lowest BCUT2D eigenvalue weighted by Crippen LogP contribution is -2.41. The van der Waals surface area contributed by atoms with Crippen molar-refractivity contribution in [2.75, 3.05) is 32.1 Å². The van der Waals surface area contributed by atoms with Crippen LogP contribution >= 0.6 is 0 Å². The molecule has 1 atom stereocenters. The van der Waals surface area contributed by atoms with E-state index in [1.807, 2.05) is 6.07 Å². The molecule has 0 aromatic heterocycles. The number of hydrogen-bond donors (Lipinski definition) is 1. The highest BCUT2D eigenvalue weighted by Gasteiger charge is 2.24. The van der Waals surface area contributed by atoms with E-state index in [1.54, 1.807) is 0 Å². The van der Waals surface area contributed by atoms with Crippen LogP contribution in [0.25, 0.3) is 0 Å². The maximum absolute atomic E-state index is 11.4. The average molecular weight is 296 g/mol. The van der Waals surface area contributed by atoms with E-state index >= 15 is 0 Å². The number of nitrogens with one attached hydrogen (secondary N) is 1. The molecule has 1 aromatic carbocycles. The van der Waals surface area contributed by atoms with Crippen LogP contribution in [0.3, 0.4) is 0 Å². The largest absolute Gasteiger partial charge is 0.312 e. The maximum Gasteiger partial charge on any atom is 0.150 e. The molecular formula is C15H24N2O2S. The minimum atomic E-state index is -2.77. The Morgan fingerprint density at radius 1 is 1.20 bits per heavy atom. The van der Waals surface area contributed by atoms with E-state index in [2.05, 4.69) is 48.6 Å². The quantitative estimate of drug-likeness (QED) is 0.893. The summed E-state index contributed by atoms with van der Waals surface area (Å²) < 4.78 is 22.9. The van der Waals surface area contributed by atoms with Crippen molar-refractivity contribution in [3.05, 3.63) is 35.9 Å². The minimum Gasteiger partial charge on any atom is -0.312 e. The Kier molecular flexibility index (Phi) is 5.18. The van der Waals surface area contributed by atoms with Gasteiger partial charge in [0, 0.05) is 18.6 Å². The Morgan fingerprint density at radius 2 is 1.80 bits per heavy atom. The maximum atomic E-state index is 11.4. The van der Waals surface area contributed by atoms with Crippen LogP contribution in [0.5, 0.6) is 0 Å². The fourth-order valence-electron chi connectivity index (χ4n) is 2.65. The van der Waals surface area contributed by atoms with E-state index in [9.17, 15) is 8.42 Å². The van der Waals surface area contributed by atoms with Crippen LogP contribution < -0.4 is 5.32 Å². The number of likely N-dealkylation sites (N-methyl/N-ethyl adjacent to an activating group) is 1. The van der Waals surface area contributed by atoms with Gasteiger partial charge in [-0.2, -0.15) is 0 Å². The van der Waals surface area contributed by atoms with E-state index in [0.717, 1.165) is 19.4 Å². The van der Waals surface area contributed by atoms with Gasteiger partial charge in [0.05, 0.1) is 11.5 Å². The van der Waals surface area contributed by atoms with Gasteiger partial charge in [0.15, 0.2) is 0 Å². The molecule has 0 bridgehead atoms. The van der Waals surface area contributed by atoms with Crippen molar-refractivity contribution in [1.29, 1.82) is 0 Å². The van der Waals surface area contributed by atoms with Gasteiger partial charge in [-0.05, 0) is 32.5 Å². The van der Waals surface area contributed by atoms with Gasteiger partial charge in [-0.1, -0.05) is 30.3 Å². The molecular weight excluding hydrogens is 272 g/mol. The monoisotopic (exact) mass is 296 g/mol. The molecule has 4 nitrogen and oxygen atoms in total. The third-order valence-electron chi connectivity index (χ3n) is 3.96. The first-order valence-electron chi connectivity index (χ1n) is 7.13. The Hall–Kier alpha value is -0.910. The Balaban J connectivity index is 1.91. The van der Waals surface area contributed by atoms with Gasteiger partial charge in [-0.3, -0.25) is 0 Å². The fourth-order valence-corrected chi connectivity index (χ4v) is 4.14. The number of sulfone groups is 1. The van der Waals surface area contributed by atoms with Crippen LogP contribution in [-0.2, 0) is 9.84 Å². The summed E-state index contributed by atoms with van der Waals surface area (Å²) in [6.07, 6.45) is 1.47. The predicted octanol–water partition coefficient (Wildman–Crippen LogP) is 1.46. The summed E-state index contributed by atoms with van der Waals surface area (Å²) in [7, 11) is 1.38. The molecule has 0 spiro atoms. The molecule has 1 saturated heterocycles. The van der Waals surface area contributed by atoms with E-state index in [4.69, 9.17) is 0 Å². The second-order valence-electron chi connectivity index (χ2n) is 5.72. The van der Waals surface area contributed by atoms with E-state index in [-0.39, 0.29) is 0 Å². The van der Waals surface area contributed by atoms with Crippen molar-refractivity contribution in [3.63, 3.8) is 0 Å². The van der Waals surface area contributed by atoms with Crippen LogP contribution in [-0.4, -0.2) is 51.5 Å². The number of hydrogen-bond acceptors (Lipinski definition) is 4. The third kappa shape index (κ3) is 4.30. The lowest BCUT2D eigenvalue weighted by Gasteiger charge is -2.29. The van der Waals surface area contributed by atoms with Crippen molar-refractivity contribution in [1.82, 2.24) is 10.2 Å². The highest BCUT2D eigenvalue weighted by atomic mass is 32.2. The Labute approximate surface area is 122 Å². The first kappa shape index (κ1) is 15.5. The van der Waals surface area contributed by atoms with Gasteiger partial charge < -0.3 is 10.2 Å². The van der Waals surface area contributed by atoms with Crippen molar-refractivity contribution < 1.29 is 8.42 Å². The van der Waals surface area contributed by atoms with Crippen molar-refractivity contribution in [3.8, 4) is 0 Å². The second-order valence-corrected chi connectivity index (χ2v) is 8.03. The molecule has 1 fully saturated rings. The predicted molar refractivity (Wildman–Crippen MR) is 82.5 cm³/mol. The van der Waals surface area contributed by atoms with Crippen LogP contribution in [0.2, 0.25) is 0 Å². The summed E-state index contributed by atoms with van der Waals surface area (Å²) in [6, 6.07) is 11.0. The zero-order chi connectivity index (χ0) is 14.6. The fraction of sp³-hybridized carbons (Fsp3) is 0.600. The Bertz CT molecular complexity index is 500. The highest BCUT2D eigenvalue weighted by Crippen LogP contribution is 2.18. The van der Waals surface area contributed by atoms with Crippen molar-refractivity contribution in [2.45, 2.75) is 24.9 Å². The van der Waals surface area contributed by atoms with Crippen molar-refractivity contribution >= 4 is 9.84 Å². The lowest BCUT2D eigenvalue weighted by molar-refractivity contribution is 0.276. The highest BCUT2D eigenvalue weighted by molar-refractivity contribution is 7.91. The van der Waals surface area contributed by atoms with Gasteiger partial charge in [0.1, 0.15) is 9.84 Å². The van der Waals surface area contributed by atoms with Gasteiger partial charge >= 0.3 is 0 Å². The summed E-state index contributed by atoms with van der Waals surface area (Å²) >= 11 is 0. The standard InChI is InChI=1S/C15H24N2O2S/c1-17(2)15(13-6-4-3-5-7-13)12-16-14-8-10-20(18,19)11-9-14/h3-7,14-16H,8-12H2,1-2H3. The molecule has 112 valence electrons. The topological polar surface area (TPSA) is 49.4 Å². The molecule has 5 heteroatoms. The van der Waals surface area contributed by atoms with Gasteiger partial charge in [0.2, 0.25) is 0 Å². The van der Waals surface area contributed by atoms with Crippen LogP contribution in [0.1, 0.15) is 24.4 Å². The van der Waals surface area contributed by atoms with Gasteiger partial charge in [-0.15, -0.1) is 0 Å². The Morgan fingerprint density at radius 3 is 2.35 bits per heavy atom. The van der Waals surface area contributed by atoms with Crippen LogP contribution in [0.15, 0.2) is 30.3 Å². The number of rotatable bonds is 5. The average Bonchev–Trinajstić information content (AvgIpc) is 2.41. The zero-order valence-electron chi connectivity index (χ0n) is 12.2. The minimum absolute atomic E-state index is 0.315. The first-order chi connectivity index (χ1) is 9.48. The summed E-state index contributed by atoms with van der Waals surface area (Å²) in [5.74, 6) is 0.644. The summed E-state index contributed by atoms with van der Waals surface area (Å²) in [4.78, 5) is 2.20. The smallest absolute Gasteiger partial charge is 0.150 e. The van der Waals surface area contributed by atoms with E-state index < -0.39 is 9.84 Å². The van der Waals surface area contributed by atoms with Gasteiger partial charge in [0.25, 0.3) is 0 Å². The number of nitrogens with zero attached hydrogens (tertiary/aromatic N) is 1. The molecule has 0 radical (unpaired) electrons. The van der Waals surface area contributed by atoms with Crippen LogP contribution in [0, 0.1) is 0 Å². The molecule has 0 amide bonds. The first-order valence-corrected chi connectivity index (χ1v) is 8.95. The third-order valence-corrected chi connectivity index (χ3v) is 5.68. The summed E-state index contributed by atoms with van der Waals surface area (Å²) in [6.45, 7) is 0.849. The molecule has 0 aliphatic carbocycles. The number of benzene rings is 1. The molecule has 1 aromatic rings. The summed E-state index contributed by atoms with van der Waals surface area (Å²) in [5.41, 5.74) is 1.29. The van der Waals surface area contributed by atoms with Crippen LogP contribution in [0.4, 0.5) is 0 Å². The molecule has 1 unspecified atom stereocenters. The molecule has 1 aliphatic heterocycles. The molecule has 1 heterocycles. The molecule has 20 heavy (non-hydrogen) atoms. The normalized spacial score (nSPS) is 20.9. The zero-order valence-corrected chi connectivity index (χ0v) is 13.1. The second kappa shape index (κ2) is 6.70. The van der Waals surface area contributed by atoms with Crippen molar-refractivity contribution in [2.24, 2.45) is 0 Å². The molecule has 2 rings (SSSR count). The lowest BCUT2D eigenvalue weighted by atomic mass is 10.0. The summed E-state index contributed by atoms with van der Waals surface area (Å²) in [5, 5.41) is 3.53. The van der Waals surface area contributed by atoms with E-state index in [0.29, 0.717) is 23.6 Å². The van der Waals surface area contributed by atoms with Gasteiger partial charge in [-0.25, -0.2) is 8.42 Å².